The molecule has 30 heavy (non-hydrogen) atoms. The molecule has 0 unspecified atom stereocenters. The molecule has 2 aliphatic rings. The number of amides is 2. The zero-order chi connectivity index (χ0) is 21.7. The van der Waals surface area contributed by atoms with E-state index in [1.165, 1.54) is 5.56 Å². The highest BCUT2D eigenvalue weighted by Gasteiger charge is 2.41. The SMILES string of the molecule is CC(=O)NC[C@]1(c2ccccc2)CC[C@@H](O)[C@H](N(C)C(=O)[C@H]2CCCN(C)C2)CC1. The van der Waals surface area contributed by atoms with Gasteiger partial charge < -0.3 is 20.2 Å². The summed E-state index contributed by atoms with van der Waals surface area (Å²) in [6.45, 7) is 3.93. The second-order valence-corrected chi connectivity index (χ2v) is 9.32. The standard InChI is InChI=1S/C24H37N3O3/c1-18(28)25-17-24(20-9-5-4-6-10-20)13-11-21(22(29)12-14-24)27(3)23(30)19-8-7-15-26(2)16-19/h4-6,9-10,19,21-22,29H,7-8,11-17H2,1-3H3,(H,25,28)/t19-,21+,22+,24+/m0/s1. The van der Waals surface area contributed by atoms with Crippen LogP contribution in [-0.4, -0.2) is 72.6 Å². The summed E-state index contributed by atoms with van der Waals surface area (Å²) in [4.78, 5) is 28.9. The minimum atomic E-state index is -0.553. The van der Waals surface area contributed by atoms with Crippen LogP contribution in [0.25, 0.3) is 0 Å². The number of nitrogens with zero attached hydrogens (tertiary/aromatic N) is 2. The van der Waals surface area contributed by atoms with E-state index in [4.69, 9.17) is 0 Å². The second-order valence-electron chi connectivity index (χ2n) is 9.32. The summed E-state index contributed by atoms with van der Waals surface area (Å²) in [7, 11) is 3.92. The number of hydrogen-bond donors (Lipinski definition) is 2. The van der Waals surface area contributed by atoms with Crippen LogP contribution >= 0.6 is 0 Å². The van der Waals surface area contributed by atoms with Crippen LogP contribution in [0.3, 0.4) is 0 Å². The summed E-state index contributed by atoms with van der Waals surface area (Å²) >= 11 is 0. The maximum atomic E-state index is 13.2. The molecule has 1 aliphatic heterocycles. The maximum absolute atomic E-state index is 13.2. The first-order valence-electron chi connectivity index (χ1n) is 11.3. The van der Waals surface area contributed by atoms with Crippen LogP contribution in [0.2, 0.25) is 0 Å². The van der Waals surface area contributed by atoms with E-state index in [0.29, 0.717) is 13.0 Å². The van der Waals surface area contributed by atoms with E-state index in [1.54, 1.807) is 6.92 Å². The minimum absolute atomic E-state index is 0.0162. The van der Waals surface area contributed by atoms with Crippen molar-refractivity contribution in [3.63, 3.8) is 0 Å². The van der Waals surface area contributed by atoms with Gasteiger partial charge in [-0.15, -0.1) is 0 Å². The summed E-state index contributed by atoms with van der Waals surface area (Å²) in [5, 5.41) is 14.0. The van der Waals surface area contributed by atoms with E-state index in [1.807, 2.05) is 30.1 Å². The molecule has 0 aromatic heterocycles. The lowest BCUT2D eigenvalue weighted by Gasteiger charge is -2.37. The van der Waals surface area contributed by atoms with Crippen molar-refractivity contribution in [2.24, 2.45) is 5.92 Å². The summed E-state index contributed by atoms with van der Waals surface area (Å²) in [5.41, 5.74) is 0.965. The van der Waals surface area contributed by atoms with Gasteiger partial charge in [-0.3, -0.25) is 9.59 Å². The van der Waals surface area contributed by atoms with Gasteiger partial charge in [0, 0.05) is 32.5 Å². The van der Waals surface area contributed by atoms with Crippen LogP contribution in [0.4, 0.5) is 0 Å². The van der Waals surface area contributed by atoms with Crippen LogP contribution in [0.5, 0.6) is 0 Å². The number of nitrogens with one attached hydrogen (secondary N) is 1. The fourth-order valence-electron chi connectivity index (χ4n) is 5.28. The van der Waals surface area contributed by atoms with E-state index in [9.17, 15) is 14.7 Å². The van der Waals surface area contributed by atoms with E-state index in [-0.39, 0.29) is 29.2 Å². The molecule has 1 aliphatic carbocycles. The first-order valence-corrected chi connectivity index (χ1v) is 11.3. The van der Waals surface area contributed by atoms with Crippen LogP contribution in [0, 0.1) is 5.92 Å². The molecule has 0 spiro atoms. The van der Waals surface area contributed by atoms with Gasteiger partial charge in [0.1, 0.15) is 0 Å². The molecule has 1 saturated heterocycles. The lowest BCUT2D eigenvalue weighted by Crippen LogP contribution is -2.49. The quantitative estimate of drug-likeness (QED) is 0.723. The first kappa shape index (κ1) is 22.8. The van der Waals surface area contributed by atoms with Crippen molar-refractivity contribution in [3.8, 4) is 0 Å². The van der Waals surface area contributed by atoms with Gasteiger partial charge in [-0.2, -0.15) is 0 Å². The number of rotatable bonds is 5. The van der Waals surface area contributed by atoms with Gasteiger partial charge in [0.15, 0.2) is 0 Å². The second kappa shape index (κ2) is 9.92. The average molecular weight is 416 g/mol. The summed E-state index contributed by atoms with van der Waals surface area (Å²) in [6.07, 6.45) is 4.35. The molecule has 1 aromatic rings. The molecule has 3 rings (SSSR count). The van der Waals surface area contributed by atoms with Gasteiger partial charge in [0.05, 0.1) is 18.1 Å². The number of aliphatic hydroxyl groups excluding tert-OH is 1. The minimum Gasteiger partial charge on any atom is -0.391 e. The zero-order valence-corrected chi connectivity index (χ0v) is 18.6. The Morgan fingerprint density at radius 1 is 1.20 bits per heavy atom. The van der Waals surface area contributed by atoms with Gasteiger partial charge in [-0.1, -0.05) is 30.3 Å². The van der Waals surface area contributed by atoms with Gasteiger partial charge in [0.2, 0.25) is 11.8 Å². The number of piperidine rings is 1. The van der Waals surface area contributed by atoms with Gasteiger partial charge in [-0.05, 0) is 57.7 Å². The molecule has 2 fully saturated rings. The maximum Gasteiger partial charge on any atom is 0.227 e. The zero-order valence-electron chi connectivity index (χ0n) is 18.6. The Hall–Kier alpha value is -1.92. The van der Waals surface area contributed by atoms with Crippen molar-refractivity contribution in [3.05, 3.63) is 35.9 Å². The molecule has 1 aromatic carbocycles. The van der Waals surface area contributed by atoms with Crippen LogP contribution in [-0.2, 0) is 15.0 Å². The molecule has 2 amide bonds. The molecular weight excluding hydrogens is 378 g/mol. The molecule has 0 radical (unpaired) electrons. The van der Waals surface area contributed by atoms with Crippen molar-refractivity contribution >= 4 is 11.8 Å². The molecule has 4 atom stereocenters. The Morgan fingerprint density at radius 2 is 1.90 bits per heavy atom. The smallest absolute Gasteiger partial charge is 0.227 e. The predicted octanol–water partition coefficient (Wildman–Crippen LogP) is 2.16. The Balaban J connectivity index is 1.76. The highest BCUT2D eigenvalue weighted by molar-refractivity contribution is 5.79. The van der Waals surface area contributed by atoms with E-state index in [0.717, 1.165) is 45.2 Å². The average Bonchev–Trinajstić information content (AvgIpc) is 2.91. The predicted molar refractivity (Wildman–Crippen MR) is 118 cm³/mol. The Labute approximate surface area is 180 Å². The highest BCUT2D eigenvalue weighted by Crippen LogP contribution is 2.39. The van der Waals surface area contributed by atoms with E-state index >= 15 is 0 Å². The first-order chi connectivity index (χ1) is 14.3. The highest BCUT2D eigenvalue weighted by atomic mass is 16.3. The van der Waals surface area contributed by atoms with Crippen molar-refractivity contribution in [2.75, 3.05) is 33.7 Å². The van der Waals surface area contributed by atoms with Crippen molar-refractivity contribution in [1.29, 1.82) is 0 Å². The molecule has 6 heteroatoms. The molecule has 166 valence electrons. The third kappa shape index (κ3) is 5.22. The third-order valence-corrected chi connectivity index (χ3v) is 7.16. The monoisotopic (exact) mass is 415 g/mol. The fourth-order valence-corrected chi connectivity index (χ4v) is 5.28. The van der Waals surface area contributed by atoms with Gasteiger partial charge >= 0.3 is 0 Å². The topological polar surface area (TPSA) is 72.9 Å². The normalized spacial score (nSPS) is 30.3. The Bertz CT molecular complexity index is 726. The van der Waals surface area contributed by atoms with Crippen LogP contribution in [0.1, 0.15) is 51.0 Å². The van der Waals surface area contributed by atoms with Crippen LogP contribution < -0.4 is 5.32 Å². The number of carbonyl (C=O) groups is 2. The number of benzene rings is 1. The molecule has 1 saturated carbocycles. The number of hydrogen-bond acceptors (Lipinski definition) is 4. The number of aliphatic hydroxyl groups is 1. The Kier molecular flexibility index (Phi) is 7.53. The fraction of sp³-hybridized carbons (Fsp3) is 0.667. The lowest BCUT2D eigenvalue weighted by atomic mass is 9.74. The van der Waals surface area contributed by atoms with Crippen molar-refractivity contribution in [1.82, 2.24) is 15.1 Å². The summed E-state index contributed by atoms with van der Waals surface area (Å²) < 4.78 is 0. The lowest BCUT2D eigenvalue weighted by molar-refractivity contribution is -0.140. The van der Waals surface area contributed by atoms with Crippen molar-refractivity contribution in [2.45, 2.75) is 63.0 Å². The van der Waals surface area contributed by atoms with Crippen LogP contribution in [0.15, 0.2) is 30.3 Å². The summed E-state index contributed by atoms with van der Waals surface area (Å²) in [5.74, 6) is 0.127. The third-order valence-electron chi connectivity index (χ3n) is 7.16. The molecule has 0 bridgehead atoms. The van der Waals surface area contributed by atoms with Gasteiger partial charge in [-0.25, -0.2) is 0 Å². The molecule has 2 N–H and O–H groups in total. The number of likely N-dealkylation sites (tertiary alicyclic amines) is 1. The van der Waals surface area contributed by atoms with Crippen molar-refractivity contribution < 1.29 is 14.7 Å². The number of carbonyl (C=O) groups excluding carboxylic acids is 2. The largest absolute Gasteiger partial charge is 0.391 e. The van der Waals surface area contributed by atoms with E-state index < -0.39 is 6.10 Å². The van der Waals surface area contributed by atoms with Gasteiger partial charge in [0.25, 0.3) is 0 Å². The molecule has 1 heterocycles. The summed E-state index contributed by atoms with van der Waals surface area (Å²) in [6, 6.07) is 10.1. The number of likely N-dealkylation sites (N-methyl/N-ethyl adjacent to an activating group) is 1. The van der Waals surface area contributed by atoms with E-state index in [2.05, 4.69) is 29.4 Å². The molecular formula is C24H37N3O3. The Morgan fingerprint density at radius 3 is 2.57 bits per heavy atom. The molecule has 6 nitrogen and oxygen atoms in total.